The smallest absolute Gasteiger partial charge is 0.320 e. The van der Waals surface area contributed by atoms with Crippen LogP contribution in [0.15, 0.2) is 42.6 Å². The molecule has 1 aliphatic carbocycles. The van der Waals surface area contributed by atoms with Crippen molar-refractivity contribution in [1.82, 2.24) is 20.5 Å². The summed E-state index contributed by atoms with van der Waals surface area (Å²) in [5.41, 5.74) is 1.76. The third-order valence-electron chi connectivity index (χ3n) is 4.71. The van der Waals surface area contributed by atoms with Crippen molar-refractivity contribution in [2.24, 2.45) is 0 Å². The Labute approximate surface area is 159 Å². The average molecular weight is 387 g/mol. The average Bonchev–Trinajstić information content (AvgIpc) is 3.11. The van der Waals surface area contributed by atoms with Crippen molar-refractivity contribution >= 4 is 22.8 Å². The van der Waals surface area contributed by atoms with Crippen LogP contribution in [-0.4, -0.2) is 40.9 Å². The molecule has 146 valence electrons. The van der Waals surface area contributed by atoms with E-state index in [0.717, 1.165) is 5.56 Å². The predicted molar refractivity (Wildman–Crippen MR) is 99.4 cm³/mol. The number of nitrogens with zero attached hydrogens (tertiary/aromatic N) is 2. The lowest BCUT2D eigenvalue weighted by atomic mass is 10.1. The maximum atomic E-state index is 13.3. The molecule has 1 saturated carbocycles. The van der Waals surface area contributed by atoms with E-state index in [1.54, 1.807) is 13.2 Å². The first-order chi connectivity index (χ1) is 13.5. The molecular formula is C19H19F2N5O2. The number of ether oxygens (including phenoxy) is 1. The fourth-order valence-electron chi connectivity index (χ4n) is 3.16. The molecule has 0 spiro atoms. The number of pyridine rings is 1. The van der Waals surface area contributed by atoms with Crippen LogP contribution in [0.25, 0.3) is 10.9 Å². The van der Waals surface area contributed by atoms with Crippen molar-refractivity contribution in [2.75, 3.05) is 19.0 Å². The molecule has 2 atom stereocenters. The molecular weight excluding hydrogens is 368 g/mol. The summed E-state index contributed by atoms with van der Waals surface area (Å²) in [6.07, 6.45) is 1.25. The largest absolute Gasteiger partial charge is 0.382 e. The topological polar surface area (TPSA) is 91.9 Å². The van der Waals surface area contributed by atoms with Crippen LogP contribution in [0.4, 0.5) is 19.4 Å². The Bertz CT molecular complexity index is 992. The SMILES string of the molecule is COC[C@@H](NC(=O)Nc1cc2[nH]nc(C3CC3(F)F)c2cn1)c1ccccc1. The van der Waals surface area contributed by atoms with Crippen molar-refractivity contribution in [3.05, 3.63) is 53.9 Å². The number of fused-ring (bicyclic) bond motifs is 1. The molecule has 9 heteroatoms. The summed E-state index contributed by atoms with van der Waals surface area (Å²) in [5.74, 6) is -3.29. The molecule has 0 saturated heterocycles. The third-order valence-corrected chi connectivity index (χ3v) is 4.71. The van der Waals surface area contributed by atoms with Gasteiger partial charge in [0.25, 0.3) is 5.92 Å². The zero-order valence-corrected chi connectivity index (χ0v) is 15.1. The van der Waals surface area contributed by atoms with Crippen molar-refractivity contribution in [3.8, 4) is 0 Å². The summed E-state index contributed by atoms with van der Waals surface area (Å²) in [7, 11) is 1.56. The van der Waals surface area contributed by atoms with Crippen molar-refractivity contribution in [1.29, 1.82) is 0 Å². The van der Waals surface area contributed by atoms with E-state index in [2.05, 4.69) is 25.8 Å². The van der Waals surface area contributed by atoms with Gasteiger partial charge in [-0.15, -0.1) is 0 Å². The van der Waals surface area contributed by atoms with E-state index < -0.39 is 17.9 Å². The van der Waals surface area contributed by atoms with E-state index in [9.17, 15) is 13.6 Å². The summed E-state index contributed by atoms with van der Waals surface area (Å²) >= 11 is 0. The summed E-state index contributed by atoms with van der Waals surface area (Å²) in [6, 6.07) is 10.2. The number of hydrogen-bond acceptors (Lipinski definition) is 4. The lowest BCUT2D eigenvalue weighted by molar-refractivity contribution is 0.111. The molecule has 2 heterocycles. The first kappa shape index (κ1) is 18.3. The summed E-state index contributed by atoms with van der Waals surface area (Å²) < 4.78 is 31.8. The van der Waals surface area contributed by atoms with Crippen LogP contribution in [-0.2, 0) is 4.74 Å². The molecule has 3 N–H and O–H groups in total. The van der Waals surface area contributed by atoms with Gasteiger partial charge in [-0.1, -0.05) is 30.3 Å². The van der Waals surface area contributed by atoms with Gasteiger partial charge < -0.3 is 10.1 Å². The van der Waals surface area contributed by atoms with Gasteiger partial charge in [0.15, 0.2) is 0 Å². The number of alkyl halides is 2. The van der Waals surface area contributed by atoms with Gasteiger partial charge in [-0.05, 0) is 5.56 Å². The first-order valence-electron chi connectivity index (χ1n) is 8.81. The van der Waals surface area contributed by atoms with E-state index in [1.807, 2.05) is 30.3 Å². The number of nitrogens with one attached hydrogen (secondary N) is 3. The van der Waals surface area contributed by atoms with Crippen molar-refractivity contribution < 1.29 is 18.3 Å². The van der Waals surface area contributed by atoms with Gasteiger partial charge in [0.05, 0.1) is 29.8 Å². The van der Waals surface area contributed by atoms with Gasteiger partial charge in [0.1, 0.15) is 5.82 Å². The summed E-state index contributed by atoms with van der Waals surface area (Å²) in [4.78, 5) is 16.5. The highest BCUT2D eigenvalue weighted by Gasteiger charge is 2.59. The van der Waals surface area contributed by atoms with Gasteiger partial charge in [-0.25, -0.2) is 18.6 Å². The molecule has 0 aliphatic heterocycles. The number of urea groups is 1. The number of benzene rings is 1. The zero-order chi connectivity index (χ0) is 19.7. The van der Waals surface area contributed by atoms with Crippen LogP contribution in [0.5, 0.6) is 0 Å². The van der Waals surface area contributed by atoms with Crippen molar-refractivity contribution in [2.45, 2.75) is 24.3 Å². The summed E-state index contributed by atoms with van der Waals surface area (Å²) in [6.45, 7) is 0.309. The molecule has 3 aromatic rings. The molecule has 28 heavy (non-hydrogen) atoms. The maximum absolute atomic E-state index is 13.3. The van der Waals surface area contributed by atoms with Crippen LogP contribution in [0.2, 0.25) is 0 Å². The van der Waals surface area contributed by atoms with E-state index in [0.29, 0.717) is 23.2 Å². The highest BCUT2D eigenvalue weighted by Crippen LogP contribution is 2.56. The third kappa shape index (κ3) is 3.65. The Balaban J connectivity index is 1.46. The highest BCUT2D eigenvalue weighted by atomic mass is 19.3. The number of halogens is 2. The fraction of sp³-hybridized carbons (Fsp3) is 0.316. The van der Waals surface area contributed by atoms with E-state index in [4.69, 9.17) is 4.74 Å². The number of carbonyl (C=O) groups is 1. The minimum absolute atomic E-state index is 0.199. The molecule has 1 aliphatic rings. The predicted octanol–water partition coefficient (Wildman–Crippen LogP) is 3.59. The number of aromatic nitrogens is 3. The molecule has 0 bridgehead atoms. The number of rotatable bonds is 6. The molecule has 2 amide bonds. The molecule has 1 aromatic carbocycles. The van der Waals surface area contributed by atoms with Gasteiger partial charge in [0.2, 0.25) is 0 Å². The highest BCUT2D eigenvalue weighted by molar-refractivity contribution is 5.91. The second-order valence-electron chi connectivity index (χ2n) is 6.76. The first-order valence-corrected chi connectivity index (χ1v) is 8.81. The van der Waals surface area contributed by atoms with Crippen LogP contribution >= 0.6 is 0 Å². The number of amides is 2. The Kier molecular flexibility index (Phi) is 4.68. The Hall–Kier alpha value is -3.07. The molecule has 7 nitrogen and oxygen atoms in total. The number of hydrogen-bond donors (Lipinski definition) is 3. The van der Waals surface area contributed by atoms with Gasteiger partial charge >= 0.3 is 6.03 Å². The number of methoxy groups -OCH3 is 1. The molecule has 1 unspecified atom stereocenters. The number of carbonyl (C=O) groups excluding carboxylic acids is 1. The minimum atomic E-state index is -2.70. The Morgan fingerprint density at radius 3 is 2.82 bits per heavy atom. The normalized spacial score (nSPS) is 18.6. The zero-order valence-electron chi connectivity index (χ0n) is 15.1. The maximum Gasteiger partial charge on any atom is 0.320 e. The van der Waals surface area contributed by atoms with Crippen molar-refractivity contribution in [3.63, 3.8) is 0 Å². The quantitative estimate of drug-likeness (QED) is 0.603. The second kappa shape index (κ2) is 7.16. The Morgan fingerprint density at radius 2 is 2.14 bits per heavy atom. The van der Waals surface area contributed by atoms with Crippen LogP contribution in [0, 0.1) is 0 Å². The van der Waals surface area contributed by atoms with Gasteiger partial charge in [-0.2, -0.15) is 5.10 Å². The summed E-state index contributed by atoms with van der Waals surface area (Å²) in [5, 5.41) is 12.8. The van der Waals surface area contributed by atoms with Crippen LogP contribution in [0.1, 0.15) is 29.6 Å². The van der Waals surface area contributed by atoms with Crippen LogP contribution in [0.3, 0.4) is 0 Å². The molecule has 0 radical (unpaired) electrons. The standard InChI is InChI=1S/C19H19F2N5O2/c1-28-10-15(11-5-3-2-4-6-11)23-18(27)24-16-7-14-12(9-22-16)17(26-25-14)13-8-19(13,20)21/h2-7,9,13,15H,8,10H2,1H3,(H,25,26)(H2,22,23,24,27)/t13?,15-/m1/s1. The van der Waals surface area contributed by atoms with E-state index in [1.165, 1.54) is 6.20 Å². The lowest BCUT2D eigenvalue weighted by Gasteiger charge is -2.18. The second-order valence-corrected chi connectivity index (χ2v) is 6.76. The molecule has 2 aromatic heterocycles. The number of H-pyrrole nitrogens is 1. The van der Waals surface area contributed by atoms with E-state index in [-0.39, 0.29) is 18.3 Å². The molecule has 1 fully saturated rings. The monoisotopic (exact) mass is 387 g/mol. The van der Waals surface area contributed by atoms with Gasteiger partial charge in [0, 0.05) is 31.2 Å². The van der Waals surface area contributed by atoms with Crippen LogP contribution < -0.4 is 10.6 Å². The number of anilines is 1. The number of aromatic amines is 1. The van der Waals surface area contributed by atoms with Gasteiger partial charge in [-0.3, -0.25) is 10.4 Å². The molecule has 4 rings (SSSR count). The minimum Gasteiger partial charge on any atom is -0.382 e. The lowest BCUT2D eigenvalue weighted by Crippen LogP contribution is -2.35. The van der Waals surface area contributed by atoms with E-state index >= 15 is 0 Å². The Morgan fingerprint density at radius 1 is 1.39 bits per heavy atom. The fourth-order valence-corrected chi connectivity index (χ4v) is 3.16.